The molecule has 2 heterocycles. The molecule has 0 radical (unpaired) electrons. The SMILES string of the molecule is CCc1cc(-c2ccc3oc4c(-c5ccccc5C)cccc4c3c2)c(CC)cc1-c1ccc2oc3c(-c4ccccc4C)cccc3c2c1. The third-order valence-corrected chi connectivity index (χ3v) is 10.6. The van der Waals surface area contributed by atoms with E-state index in [4.69, 9.17) is 8.83 Å². The Hall–Kier alpha value is -5.86. The van der Waals surface area contributed by atoms with Crippen molar-refractivity contribution in [2.75, 3.05) is 0 Å². The Balaban J connectivity index is 1.16. The fraction of sp³-hybridized carbons (Fsp3) is 0.125. The Kier molecular flexibility index (Phi) is 7.21. The van der Waals surface area contributed by atoms with E-state index in [1.165, 1.54) is 55.6 Å². The van der Waals surface area contributed by atoms with Crippen LogP contribution in [0.2, 0.25) is 0 Å². The van der Waals surface area contributed by atoms with Gasteiger partial charge in [-0.25, -0.2) is 0 Å². The van der Waals surface area contributed by atoms with Gasteiger partial charge in [0.05, 0.1) is 0 Å². The van der Waals surface area contributed by atoms with Crippen molar-refractivity contribution in [2.24, 2.45) is 0 Å². The summed E-state index contributed by atoms with van der Waals surface area (Å²) >= 11 is 0. The van der Waals surface area contributed by atoms with Gasteiger partial charge in [-0.1, -0.05) is 123 Å². The van der Waals surface area contributed by atoms with Crippen molar-refractivity contribution in [3.05, 3.63) is 156 Å². The van der Waals surface area contributed by atoms with Gasteiger partial charge in [0.1, 0.15) is 22.3 Å². The quantitative estimate of drug-likeness (QED) is 0.180. The average molecular weight is 647 g/mol. The molecule has 0 amide bonds. The first kappa shape index (κ1) is 30.2. The lowest BCUT2D eigenvalue weighted by atomic mass is 9.88. The maximum Gasteiger partial charge on any atom is 0.143 e. The van der Waals surface area contributed by atoms with Crippen molar-refractivity contribution < 1.29 is 8.83 Å². The minimum atomic E-state index is 0.918. The predicted molar refractivity (Wildman–Crippen MR) is 211 cm³/mol. The van der Waals surface area contributed by atoms with Crippen LogP contribution in [0.25, 0.3) is 88.4 Å². The summed E-state index contributed by atoms with van der Waals surface area (Å²) in [6, 6.07) is 48.3. The number of furan rings is 2. The van der Waals surface area contributed by atoms with Gasteiger partial charge in [0.25, 0.3) is 0 Å². The van der Waals surface area contributed by atoms with Crippen LogP contribution in [-0.2, 0) is 12.8 Å². The number of fused-ring (bicyclic) bond motifs is 6. The second-order valence-corrected chi connectivity index (χ2v) is 13.5. The second kappa shape index (κ2) is 11.9. The van der Waals surface area contributed by atoms with Crippen molar-refractivity contribution in [3.63, 3.8) is 0 Å². The number of rotatable bonds is 6. The van der Waals surface area contributed by atoms with Crippen molar-refractivity contribution >= 4 is 43.9 Å². The molecule has 0 aliphatic rings. The molecule has 242 valence electrons. The third-order valence-electron chi connectivity index (χ3n) is 10.6. The van der Waals surface area contributed by atoms with Gasteiger partial charge in [-0.3, -0.25) is 0 Å². The molecule has 9 aromatic rings. The van der Waals surface area contributed by atoms with Crippen LogP contribution >= 0.6 is 0 Å². The maximum atomic E-state index is 6.55. The van der Waals surface area contributed by atoms with Crippen LogP contribution in [0.5, 0.6) is 0 Å². The number of benzene rings is 7. The van der Waals surface area contributed by atoms with E-state index in [1.54, 1.807) is 0 Å². The second-order valence-electron chi connectivity index (χ2n) is 13.5. The largest absolute Gasteiger partial charge is 0.455 e. The zero-order chi connectivity index (χ0) is 33.9. The first-order valence-electron chi connectivity index (χ1n) is 17.7. The number of hydrogen-bond acceptors (Lipinski definition) is 2. The first-order chi connectivity index (χ1) is 24.5. The number of para-hydroxylation sites is 2. The Morgan fingerprint density at radius 2 is 0.800 bits per heavy atom. The Labute approximate surface area is 292 Å². The average Bonchev–Trinajstić information content (AvgIpc) is 3.72. The monoisotopic (exact) mass is 646 g/mol. The van der Waals surface area contributed by atoms with Gasteiger partial charge in [0.15, 0.2) is 0 Å². The van der Waals surface area contributed by atoms with Gasteiger partial charge in [-0.2, -0.15) is 0 Å². The minimum Gasteiger partial charge on any atom is -0.455 e. The summed E-state index contributed by atoms with van der Waals surface area (Å²) in [7, 11) is 0. The molecule has 0 saturated heterocycles. The Bertz CT molecular complexity index is 2560. The summed E-state index contributed by atoms with van der Waals surface area (Å²) in [5, 5.41) is 4.61. The van der Waals surface area contributed by atoms with Crippen molar-refractivity contribution in [3.8, 4) is 44.5 Å². The van der Waals surface area contributed by atoms with E-state index in [2.05, 4.69) is 161 Å². The van der Waals surface area contributed by atoms with Crippen LogP contribution in [0.15, 0.2) is 142 Å². The van der Waals surface area contributed by atoms with E-state index < -0.39 is 0 Å². The number of aryl methyl sites for hydroxylation is 4. The third kappa shape index (κ3) is 4.78. The lowest BCUT2D eigenvalue weighted by Crippen LogP contribution is -1.95. The smallest absolute Gasteiger partial charge is 0.143 e. The molecule has 0 aliphatic heterocycles. The lowest BCUT2D eigenvalue weighted by molar-refractivity contribution is 0.669. The van der Waals surface area contributed by atoms with Crippen molar-refractivity contribution in [1.29, 1.82) is 0 Å². The molecule has 0 bridgehead atoms. The molecule has 0 saturated carbocycles. The lowest BCUT2D eigenvalue weighted by Gasteiger charge is -2.16. The minimum absolute atomic E-state index is 0.918. The van der Waals surface area contributed by atoms with E-state index in [1.807, 2.05) is 0 Å². The van der Waals surface area contributed by atoms with Crippen LogP contribution in [0, 0.1) is 13.8 Å². The predicted octanol–water partition coefficient (Wildman–Crippen LogP) is 13.9. The van der Waals surface area contributed by atoms with Crippen LogP contribution in [0.1, 0.15) is 36.1 Å². The standard InChI is InChI=1S/C48H38O2/c1-5-31-25-42(34-22-24-46-44(28-34)40-20-12-18-38(48(40)50-46)36-16-10-8-14-30(36)4)32(6-2)26-41(31)33-21-23-45-43(27-33)39-19-11-17-37(47(39)49-45)35-15-9-7-13-29(35)3/h7-28H,5-6H2,1-4H3. The highest BCUT2D eigenvalue weighted by Gasteiger charge is 2.18. The maximum absolute atomic E-state index is 6.55. The van der Waals surface area contributed by atoms with Gasteiger partial charge >= 0.3 is 0 Å². The van der Waals surface area contributed by atoms with Crippen LogP contribution in [0.3, 0.4) is 0 Å². The molecule has 0 unspecified atom stereocenters. The summed E-state index contributed by atoms with van der Waals surface area (Å²) in [6.45, 7) is 8.84. The molecule has 2 nitrogen and oxygen atoms in total. The van der Waals surface area contributed by atoms with Gasteiger partial charge in [0.2, 0.25) is 0 Å². The summed E-state index contributed by atoms with van der Waals surface area (Å²) < 4.78 is 13.1. The zero-order valence-corrected chi connectivity index (χ0v) is 28.9. The molecule has 9 rings (SSSR count). The van der Waals surface area contributed by atoms with Gasteiger partial charge < -0.3 is 8.83 Å². The highest BCUT2D eigenvalue weighted by Crippen LogP contribution is 2.42. The first-order valence-corrected chi connectivity index (χ1v) is 17.7. The summed E-state index contributed by atoms with van der Waals surface area (Å²) in [4.78, 5) is 0. The fourth-order valence-corrected chi connectivity index (χ4v) is 7.92. The normalized spacial score (nSPS) is 11.8. The van der Waals surface area contributed by atoms with E-state index >= 15 is 0 Å². The molecule has 0 spiro atoms. The zero-order valence-electron chi connectivity index (χ0n) is 28.9. The molecular formula is C48H38O2. The Morgan fingerprint density at radius 3 is 1.22 bits per heavy atom. The molecule has 0 aliphatic carbocycles. The summed E-state index contributed by atoms with van der Waals surface area (Å²) in [6.07, 6.45) is 1.87. The van der Waals surface area contributed by atoms with Gasteiger partial charge in [0, 0.05) is 32.7 Å². The summed E-state index contributed by atoms with van der Waals surface area (Å²) in [5.74, 6) is 0. The molecule has 0 atom stereocenters. The van der Waals surface area contributed by atoms with Gasteiger partial charge in [-0.15, -0.1) is 0 Å². The molecule has 7 aromatic carbocycles. The molecule has 2 heteroatoms. The highest BCUT2D eigenvalue weighted by molar-refractivity contribution is 6.12. The van der Waals surface area contributed by atoms with Crippen LogP contribution in [0.4, 0.5) is 0 Å². The molecule has 50 heavy (non-hydrogen) atoms. The number of hydrogen-bond donors (Lipinski definition) is 0. The van der Waals surface area contributed by atoms with E-state index in [-0.39, 0.29) is 0 Å². The van der Waals surface area contributed by atoms with Crippen LogP contribution in [-0.4, -0.2) is 0 Å². The van der Waals surface area contributed by atoms with Crippen molar-refractivity contribution in [1.82, 2.24) is 0 Å². The molecule has 0 N–H and O–H groups in total. The van der Waals surface area contributed by atoms with Crippen LogP contribution < -0.4 is 0 Å². The van der Waals surface area contributed by atoms with E-state index in [0.29, 0.717) is 0 Å². The fourth-order valence-electron chi connectivity index (χ4n) is 7.92. The highest BCUT2D eigenvalue weighted by atomic mass is 16.3. The Morgan fingerprint density at radius 1 is 0.380 bits per heavy atom. The summed E-state index contributed by atoms with van der Waals surface area (Å²) in [5.41, 5.74) is 18.6. The molecular weight excluding hydrogens is 609 g/mol. The van der Waals surface area contributed by atoms with Crippen molar-refractivity contribution in [2.45, 2.75) is 40.5 Å². The van der Waals surface area contributed by atoms with Gasteiger partial charge in [-0.05, 0) is 107 Å². The molecule has 2 aromatic heterocycles. The van der Waals surface area contributed by atoms with E-state index in [9.17, 15) is 0 Å². The molecule has 0 fully saturated rings. The topological polar surface area (TPSA) is 26.3 Å². The van der Waals surface area contributed by atoms with E-state index in [0.717, 1.165) is 67.8 Å².